The van der Waals surface area contributed by atoms with E-state index in [4.69, 9.17) is 4.74 Å². The number of amides is 1. The third-order valence-electron chi connectivity index (χ3n) is 3.72. The van der Waals surface area contributed by atoms with Gasteiger partial charge < -0.3 is 9.64 Å². The van der Waals surface area contributed by atoms with E-state index in [1.165, 1.54) is 13.5 Å². The highest BCUT2D eigenvalue weighted by molar-refractivity contribution is 8.00. The molecule has 2 atom stereocenters. The number of rotatable bonds is 2. The maximum Gasteiger partial charge on any atom is 0.310 e. The van der Waals surface area contributed by atoms with Crippen molar-refractivity contribution in [3.05, 3.63) is 0 Å². The van der Waals surface area contributed by atoms with Crippen LogP contribution in [-0.2, 0) is 14.3 Å². The average Bonchev–Trinajstić information content (AvgIpc) is 2.46. The average molecular weight is 271 g/mol. The minimum absolute atomic E-state index is 0.121. The molecule has 0 saturated carbocycles. The van der Waals surface area contributed by atoms with Crippen LogP contribution in [0.2, 0.25) is 0 Å². The van der Waals surface area contributed by atoms with Gasteiger partial charge in [0.25, 0.3) is 0 Å². The number of hydrogen-bond acceptors (Lipinski definition) is 4. The number of thioether (sulfide) groups is 1. The highest BCUT2D eigenvalue weighted by Crippen LogP contribution is 2.28. The second-order valence-electron chi connectivity index (χ2n) is 5.00. The zero-order valence-electron chi connectivity index (χ0n) is 10.9. The van der Waals surface area contributed by atoms with E-state index >= 15 is 0 Å². The monoisotopic (exact) mass is 271 g/mol. The summed E-state index contributed by atoms with van der Waals surface area (Å²) in [6.45, 7) is 1.34. The lowest BCUT2D eigenvalue weighted by atomic mass is 9.97. The summed E-state index contributed by atoms with van der Waals surface area (Å²) in [5.74, 6) is 1.02. The van der Waals surface area contributed by atoms with E-state index in [0.717, 1.165) is 38.0 Å². The van der Waals surface area contributed by atoms with Crippen LogP contribution in [0.25, 0.3) is 0 Å². The summed E-state index contributed by atoms with van der Waals surface area (Å²) in [6.07, 6.45) is 5.11. The van der Waals surface area contributed by atoms with Crippen LogP contribution in [0.15, 0.2) is 0 Å². The second kappa shape index (κ2) is 6.45. The molecular formula is C13H21NO3S. The van der Waals surface area contributed by atoms with Crippen molar-refractivity contribution in [2.45, 2.75) is 37.4 Å². The number of esters is 1. The molecule has 5 heteroatoms. The first kappa shape index (κ1) is 13.7. The van der Waals surface area contributed by atoms with E-state index in [0.29, 0.717) is 6.54 Å². The third-order valence-corrected chi connectivity index (χ3v) is 5.09. The number of carbonyl (C=O) groups excluding carboxylic acids is 2. The molecule has 2 saturated heterocycles. The van der Waals surface area contributed by atoms with Crippen molar-refractivity contribution in [1.82, 2.24) is 4.90 Å². The molecule has 2 aliphatic heterocycles. The first-order valence-electron chi connectivity index (χ1n) is 6.70. The van der Waals surface area contributed by atoms with Crippen molar-refractivity contribution in [2.24, 2.45) is 5.92 Å². The maximum atomic E-state index is 12.4. The molecule has 0 radical (unpaired) electrons. The van der Waals surface area contributed by atoms with Gasteiger partial charge in [-0.2, -0.15) is 0 Å². The molecule has 102 valence electrons. The van der Waals surface area contributed by atoms with Gasteiger partial charge in [-0.3, -0.25) is 9.59 Å². The molecule has 0 aromatic heterocycles. The van der Waals surface area contributed by atoms with Gasteiger partial charge >= 0.3 is 5.97 Å². The van der Waals surface area contributed by atoms with Crippen LogP contribution in [0.1, 0.15) is 32.1 Å². The van der Waals surface area contributed by atoms with Gasteiger partial charge in [-0.25, -0.2) is 0 Å². The molecule has 2 aliphatic rings. The lowest BCUT2D eigenvalue weighted by molar-refractivity contribution is -0.148. The predicted molar refractivity (Wildman–Crippen MR) is 71.4 cm³/mol. The summed E-state index contributed by atoms with van der Waals surface area (Å²) >= 11 is 1.77. The van der Waals surface area contributed by atoms with Gasteiger partial charge in [0.2, 0.25) is 5.91 Å². The molecule has 4 nitrogen and oxygen atoms in total. The molecular weight excluding hydrogens is 250 g/mol. The fraction of sp³-hybridized carbons (Fsp3) is 0.846. The largest absolute Gasteiger partial charge is 0.469 e. The van der Waals surface area contributed by atoms with E-state index in [1.54, 1.807) is 11.8 Å². The van der Waals surface area contributed by atoms with Crippen molar-refractivity contribution in [3.63, 3.8) is 0 Å². The molecule has 1 amide bonds. The summed E-state index contributed by atoms with van der Waals surface area (Å²) in [4.78, 5) is 25.8. The van der Waals surface area contributed by atoms with Gasteiger partial charge in [-0.05, 0) is 31.4 Å². The number of likely N-dealkylation sites (tertiary alicyclic amines) is 1. The number of piperidine rings is 1. The van der Waals surface area contributed by atoms with Crippen molar-refractivity contribution in [1.29, 1.82) is 0 Å². The smallest absolute Gasteiger partial charge is 0.310 e. The van der Waals surface area contributed by atoms with Crippen LogP contribution in [0.3, 0.4) is 0 Å². The summed E-state index contributed by atoms with van der Waals surface area (Å²) in [6, 6.07) is 0. The van der Waals surface area contributed by atoms with Crippen LogP contribution < -0.4 is 0 Å². The zero-order valence-corrected chi connectivity index (χ0v) is 11.7. The topological polar surface area (TPSA) is 46.6 Å². The van der Waals surface area contributed by atoms with E-state index in [2.05, 4.69) is 0 Å². The zero-order chi connectivity index (χ0) is 13.0. The number of methoxy groups -OCH3 is 1. The van der Waals surface area contributed by atoms with Gasteiger partial charge in [-0.1, -0.05) is 6.42 Å². The second-order valence-corrected chi connectivity index (χ2v) is 6.31. The number of ether oxygens (including phenoxy) is 1. The number of nitrogens with zero attached hydrogens (tertiary/aromatic N) is 1. The Bertz CT molecular complexity index is 315. The third kappa shape index (κ3) is 3.19. The fourth-order valence-corrected chi connectivity index (χ4v) is 3.96. The maximum absolute atomic E-state index is 12.4. The number of carbonyl (C=O) groups is 2. The van der Waals surface area contributed by atoms with Crippen molar-refractivity contribution in [3.8, 4) is 0 Å². The molecule has 2 unspecified atom stereocenters. The Kier molecular flexibility index (Phi) is 4.92. The predicted octanol–water partition coefficient (Wildman–Crippen LogP) is 1.68. The van der Waals surface area contributed by atoms with Crippen molar-refractivity contribution >= 4 is 23.6 Å². The van der Waals surface area contributed by atoms with E-state index in [-0.39, 0.29) is 23.0 Å². The standard InChI is InChI=1S/C13H21NO3S/c1-17-13(16)10-5-4-7-14(9-10)12(15)11-6-2-3-8-18-11/h10-11H,2-9H2,1H3. The minimum atomic E-state index is -0.177. The van der Waals surface area contributed by atoms with Crippen LogP contribution >= 0.6 is 11.8 Å². The molecule has 2 rings (SSSR count). The Labute approximate surface area is 112 Å². The molecule has 0 spiro atoms. The summed E-state index contributed by atoms with van der Waals surface area (Å²) < 4.78 is 4.78. The molecule has 0 aromatic carbocycles. The fourth-order valence-electron chi connectivity index (χ4n) is 2.68. The molecule has 0 N–H and O–H groups in total. The molecule has 2 heterocycles. The Morgan fingerprint density at radius 3 is 2.72 bits per heavy atom. The van der Waals surface area contributed by atoms with E-state index in [1.807, 2.05) is 4.90 Å². The Balaban J connectivity index is 1.91. The quantitative estimate of drug-likeness (QED) is 0.717. The SMILES string of the molecule is COC(=O)C1CCCN(C(=O)C2CCCCS2)C1. The van der Waals surface area contributed by atoms with Gasteiger partial charge in [0, 0.05) is 13.1 Å². The summed E-state index contributed by atoms with van der Waals surface area (Å²) in [7, 11) is 1.42. The Hall–Kier alpha value is -0.710. The van der Waals surface area contributed by atoms with Crippen LogP contribution in [-0.4, -0.2) is 48.0 Å². The lowest BCUT2D eigenvalue weighted by Gasteiger charge is -2.34. The lowest BCUT2D eigenvalue weighted by Crippen LogP contribution is -2.46. The number of hydrogen-bond donors (Lipinski definition) is 0. The van der Waals surface area contributed by atoms with Crippen molar-refractivity contribution < 1.29 is 14.3 Å². The van der Waals surface area contributed by atoms with Crippen LogP contribution in [0, 0.1) is 5.92 Å². The summed E-state index contributed by atoms with van der Waals surface area (Å²) in [5, 5.41) is 0.121. The Morgan fingerprint density at radius 1 is 1.22 bits per heavy atom. The summed E-state index contributed by atoms with van der Waals surface area (Å²) in [5.41, 5.74) is 0. The highest BCUT2D eigenvalue weighted by atomic mass is 32.2. The normalized spacial score (nSPS) is 28.8. The molecule has 0 aliphatic carbocycles. The molecule has 0 aromatic rings. The van der Waals surface area contributed by atoms with E-state index in [9.17, 15) is 9.59 Å². The molecule has 2 fully saturated rings. The minimum Gasteiger partial charge on any atom is -0.469 e. The molecule has 18 heavy (non-hydrogen) atoms. The van der Waals surface area contributed by atoms with Gasteiger partial charge in [0.15, 0.2) is 0 Å². The van der Waals surface area contributed by atoms with Gasteiger partial charge in [-0.15, -0.1) is 11.8 Å². The van der Waals surface area contributed by atoms with Crippen molar-refractivity contribution in [2.75, 3.05) is 26.0 Å². The highest BCUT2D eigenvalue weighted by Gasteiger charge is 2.32. The first-order valence-corrected chi connectivity index (χ1v) is 7.75. The van der Waals surface area contributed by atoms with E-state index < -0.39 is 0 Å². The van der Waals surface area contributed by atoms with Gasteiger partial charge in [0.05, 0.1) is 18.3 Å². The van der Waals surface area contributed by atoms with Gasteiger partial charge in [0.1, 0.15) is 0 Å². The van der Waals surface area contributed by atoms with Crippen LogP contribution in [0.4, 0.5) is 0 Å². The Morgan fingerprint density at radius 2 is 2.06 bits per heavy atom. The van der Waals surface area contributed by atoms with Crippen LogP contribution in [0.5, 0.6) is 0 Å². The molecule has 0 bridgehead atoms. The first-order chi connectivity index (χ1) is 8.72.